The Labute approximate surface area is 146 Å². The van der Waals surface area contributed by atoms with E-state index in [2.05, 4.69) is 15.9 Å². The summed E-state index contributed by atoms with van der Waals surface area (Å²) >= 11 is 3.45. The van der Waals surface area contributed by atoms with E-state index in [9.17, 15) is 4.79 Å². The van der Waals surface area contributed by atoms with Crippen LogP contribution in [0.25, 0.3) is 16.5 Å². The highest BCUT2D eigenvalue weighted by atomic mass is 79.9. The van der Waals surface area contributed by atoms with E-state index in [0.717, 1.165) is 21.2 Å². The molecule has 1 aliphatic heterocycles. The second-order valence-corrected chi connectivity index (χ2v) is 6.20. The molecule has 2 heterocycles. The van der Waals surface area contributed by atoms with E-state index in [1.807, 2.05) is 48.5 Å². The summed E-state index contributed by atoms with van der Waals surface area (Å²) in [7, 11) is 0. The van der Waals surface area contributed by atoms with E-state index in [1.54, 1.807) is 6.07 Å². The zero-order valence-electron chi connectivity index (χ0n) is 12.6. The summed E-state index contributed by atoms with van der Waals surface area (Å²) in [5, 5.41) is 0.790. The third-order valence-corrected chi connectivity index (χ3v) is 4.52. The third kappa shape index (κ3) is 2.61. The molecule has 1 aliphatic rings. The van der Waals surface area contributed by atoms with Gasteiger partial charge in [0.1, 0.15) is 35.9 Å². The topological polar surface area (TPSA) is 48.7 Å². The lowest BCUT2D eigenvalue weighted by Crippen LogP contribution is -2.18. The Morgan fingerprint density at radius 2 is 1.88 bits per heavy atom. The summed E-state index contributed by atoms with van der Waals surface area (Å²) in [5.74, 6) is 1.28. The molecule has 24 heavy (non-hydrogen) atoms. The van der Waals surface area contributed by atoms with Gasteiger partial charge in [-0.3, -0.25) is 0 Å². The standard InChI is InChI=1S/C19H13BrO4/c20-14-6-2-4-8-16(14)23-11-12-9-10-22-18-13-5-1-3-7-15(13)24-19(21)17(12)18/h1-9H,10-11H2. The number of benzene rings is 2. The van der Waals surface area contributed by atoms with Gasteiger partial charge in [-0.2, -0.15) is 0 Å². The third-order valence-electron chi connectivity index (χ3n) is 3.86. The van der Waals surface area contributed by atoms with Crippen molar-refractivity contribution in [2.24, 2.45) is 0 Å². The maximum absolute atomic E-state index is 12.4. The number of hydrogen-bond donors (Lipinski definition) is 0. The van der Waals surface area contributed by atoms with Crippen molar-refractivity contribution in [3.05, 3.63) is 75.1 Å². The summed E-state index contributed by atoms with van der Waals surface area (Å²) in [6.07, 6.45) is 1.85. The molecule has 5 heteroatoms. The molecule has 3 aromatic rings. The zero-order chi connectivity index (χ0) is 16.5. The molecule has 0 bridgehead atoms. The molecule has 0 fully saturated rings. The van der Waals surface area contributed by atoms with Gasteiger partial charge in [-0.1, -0.05) is 24.3 Å². The lowest BCUT2D eigenvalue weighted by atomic mass is 10.0. The maximum Gasteiger partial charge on any atom is 0.347 e. The fraction of sp³-hybridized carbons (Fsp3) is 0.105. The summed E-state index contributed by atoms with van der Waals surface area (Å²) in [6, 6.07) is 15.0. The van der Waals surface area contributed by atoms with Crippen LogP contribution in [-0.4, -0.2) is 13.2 Å². The fourth-order valence-electron chi connectivity index (χ4n) is 2.72. The average Bonchev–Trinajstić information content (AvgIpc) is 2.61. The highest BCUT2D eigenvalue weighted by Crippen LogP contribution is 2.34. The number of fused-ring (bicyclic) bond motifs is 3. The Balaban J connectivity index is 1.73. The van der Waals surface area contributed by atoms with Crippen LogP contribution in [0.4, 0.5) is 0 Å². The van der Waals surface area contributed by atoms with Crippen molar-refractivity contribution in [2.45, 2.75) is 0 Å². The molecule has 0 amide bonds. The predicted molar refractivity (Wildman–Crippen MR) is 95.6 cm³/mol. The van der Waals surface area contributed by atoms with Crippen LogP contribution < -0.4 is 15.1 Å². The minimum Gasteiger partial charge on any atom is -0.488 e. The van der Waals surface area contributed by atoms with E-state index < -0.39 is 5.63 Å². The molecule has 0 spiro atoms. The van der Waals surface area contributed by atoms with Crippen LogP contribution in [0.1, 0.15) is 5.56 Å². The van der Waals surface area contributed by atoms with Gasteiger partial charge >= 0.3 is 5.63 Å². The van der Waals surface area contributed by atoms with Crippen LogP contribution in [0.2, 0.25) is 0 Å². The van der Waals surface area contributed by atoms with Gasteiger partial charge in [-0.25, -0.2) is 4.79 Å². The molecule has 0 aliphatic carbocycles. The zero-order valence-corrected chi connectivity index (χ0v) is 14.2. The normalized spacial score (nSPS) is 13.1. The van der Waals surface area contributed by atoms with Gasteiger partial charge in [-0.05, 0) is 46.3 Å². The molecule has 0 unspecified atom stereocenters. The van der Waals surface area contributed by atoms with Crippen LogP contribution >= 0.6 is 15.9 Å². The molecule has 4 rings (SSSR count). The Kier molecular flexibility index (Phi) is 3.86. The lowest BCUT2D eigenvalue weighted by molar-refractivity contribution is 0.340. The largest absolute Gasteiger partial charge is 0.488 e. The van der Waals surface area contributed by atoms with Crippen molar-refractivity contribution in [1.82, 2.24) is 0 Å². The summed E-state index contributed by atoms with van der Waals surface area (Å²) in [5.41, 5.74) is 1.32. The predicted octanol–water partition coefficient (Wildman–Crippen LogP) is 4.41. The molecule has 2 aromatic carbocycles. The quantitative estimate of drug-likeness (QED) is 0.627. The van der Waals surface area contributed by atoms with Crippen molar-refractivity contribution < 1.29 is 13.9 Å². The van der Waals surface area contributed by atoms with Gasteiger partial charge in [-0.15, -0.1) is 0 Å². The molecular weight excluding hydrogens is 372 g/mol. The maximum atomic E-state index is 12.4. The molecule has 0 saturated heterocycles. The summed E-state index contributed by atoms with van der Waals surface area (Å²) < 4.78 is 17.9. The Morgan fingerprint density at radius 1 is 1.08 bits per heavy atom. The van der Waals surface area contributed by atoms with Gasteiger partial charge < -0.3 is 13.9 Å². The van der Waals surface area contributed by atoms with Crippen molar-refractivity contribution in [1.29, 1.82) is 0 Å². The van der Waals surface area contributed by atoms with Gasteiger partial charge in [0.05, 0.1) is 9.86 Å². The first-order chi connectivity index (χ1) is 11.7. The molecule has 120 valence electrons. The lowest BCUT2D eigenvalue weighted by Gasteiger charge is -2.19. The van der Waals surface area contributed by atoms with Gasteiger partial charge in [0, 0.05) is 5.57 Å². The van der Waals surface area contributed by atoms with Crippen LogP contribution in [0.15, 0.2) is 68.3 Å². The van der Waals surface area contributed by atoms with Gasteiger partial charge in [0.2, 0.25) is 0 Å². The van der Waals surface area contributed by atoms with E-state index in [-0.39, 0.29) is 6.61 Å². The molecule has 0 atom stereocenters. The number of halogens is 1. The Hall–Kier alpha value is -2.53. The van der Waals surface area contributed by atoms with Crippen molar-refractivity contribution in [3.8, 4) is 11.5 Å². The summed E-state index contributed by atoms with van der Waals surface area (Å²) in [6.45, 7) is 0.664. The Bertz CT molecular complexity index is 1000. The smallest absolute Gasteiger partial charge is 0.347 e. The number of para-hydroxylation sites is 2. The van der Waals surface area contributed by atoms with Gasteiger partial charge in [0.25, 0.3) is 0 Å². The molecule has 4 nitrogen and oxygen atoms in total. The van der Waals surface area contributed by atoms with E-state index in [4.69, 9.17) is 13.9 Å². The van der Waals surface area contributed by atoms with Crippen LogP contribution in [0.3, 0.4) is 0 Å². The molecular formula is C19H13BrO4. The monoisotopic (exact) mass is 384 g/mol. The number of ether oxygens (including phenoxy) is 2. The first-order valence-corrected chi connectivity index (χ1v) is 8.29. The average molecular weight is 385 g/mol. The van der Waals surface area contributed by atoms with Crippen LogP contribution in [0.5, 0.6) is 11.5 Å². The van der Waals surface area contributed by atoms with E-state index in [1.165, 1.54) is 0 Å². The number of rotatable bonds is 3. The Morgan fingerprint density at radius 3 is 2.75 bits per heavy atom. The minimum absolute atomic E-state index is 0.266. The van der Waals surface area contributed by atoms with Crippen molar-refractivity contribution in [2.75, 3.05) is 13.2 Å². The van der Waals surface area contributed by atoms with Gasteiger partial charge in [0.15, 0.2) is 0 Å². The molecule has 1 aromatic heterocycles. The highest BCUT2D eigenvalue weighted by Gasteiger charge is 2.23. The second-order valence-electron chi connectivity index (χ2n) is 5.35. The van der Waals surface area contributed by atoms with Crippen LogP contribution in [-0.2, 0) is 0 Å². The van der Waals surface area contributed by atoms with Crippen molar-refractivity contribution in [3.63, 3.8) is 0 Å². The summed E-state index contributed by atoms with van der Waals surface area (Å²) in [4.78, 5) is 12.4. The number of hydrogen-bond acceptors (Lipinski definition) is 4. The first kappa shape index (κ1) is 15.0. The fourth-order valence-corrected chi connectivity index (χ4v) is 3.12. The van der Waals surface area contributed by atoms with E-state index in [0.29, 0.717) is 23.5 Å². The molecule has 0 N–H and O–H groups in total. The SMILES string of the molecule is O=c1oc2ccccc2c2c1C(COc1ccccc1Br)=CCO2. The molecule has 0 radical (unpaired) electrons. The second kappa shape index (κ2) is 6.17. The molecule has 0 saturated carbocycles. The minimum atomic E-state index is -0.412. The first-order valence-electron chi connectivity index (χ1n) is 7.49. The van der Waals surface area contributed by atoms with Crippen molar-refractivity contribution >= 4 is 32.5 Å². The highest BCUT2D eigenvalue weighted by molar-refractivity contribution is 9.10. The van der Waals surface area contributed by atoms with E-state index >= 15 is 0 Å². The van der Waals surface area contributed by atoms with Crippen LogP contribution in [0, 0.1) is 0 Å².